The Bertz CT molecular complexity index is 1680. The molecule has 0 aliphatic heterocycles. The van der Waals surface area contributed by atoms with Crippen molar-refractivity contribution in [2.24, 2.45) is 0 Å². The first-order valence-electron chi connectivity index (χ1n) is 13.7. The summed E-state index contributed by atoms with van der Waals surface area (Å²) in [5, 5.41) is 43.8. The number of aliphatic hydroxyl groups is 2. The maximum Gasteiger partial charge on any atom is 1.00 e. The van der Waals surface area contributed by atoms with E-state index in [0.29, 0.717) is 39.3 Å². The fourth-order valence-electron chi connectivity index (χ4n) is 5.02. The second-order valence-electron chi connectivity index (χ2n) is 10.4. The summed E-state index contributed by atoms with van der Waals surface area (Å²) in [7, 11) is 0. The molecule has 4 rings (SSSR count). The van der Waals surface area contributed by atoms with Gasteiger partial charge in [-0.2, -0.15) is 5.26 Å². The van der Waals surface area contributed by atoms with Gasteiger partial charge >= 0.3 is 29.6 Å². The number of aliphatic carboxylic acids is 1. The summed E-state index contributed by atoms with van der Waals surface area (Å²) >= 11 is 0. The van der Waals surface area contributed by atoms with Crippen LogP contribution in [0.15, 0.2) is 84.9 Å². The Morgan fingerprint density at radius 2 is 1.66 bits per heavy atom. The summed E-state index contributed by atoms with van der Waals surface area (Å²) in [4.78, 5) is 25.0. The molecule has 10 heteroatoms. The van der Waals surface area contributed by atoms with Crippen molar-refractivity contribution in [3.8, 4) is 28.3 Å². The average Bonchev–Trinajstić information content (AvgIpc) is 3.32. The second-order valence-corrected chi connectivity index (χ2v) is 10.4. The van der Waals surface area contributed by atoms with Crippen LogP contribution in [0.3, 0.4) is 0 Å². The number of anilines is 1. The van der Waals surface area contributed by atoms with Gasteiger partial charge in [0, 0.05) is 47.4 Å². The number of carbonyl (C=O) groups excluding carboxylic acids is 2. The van der Waals surface area contributed by atoms with Crippen LogP contribution in [-0.2, 0) is 4.79 Å². The minimum Gasteiger partial charge on any atom is -0.550 e. The molecule has 1 amide bonds. The van der Waals surface area contributed by atoms with E-state index in [1.54, 1.807) is 42.5 Å². The number of amides is 1. The normalized spacial score (nSPS) is 12.4. The number of carboxylic acids is 1. The van der Waals surface area contributed by atoms with Crippen LogP contribution in [0.4, 0.5) is 10.1 Å². The molecule has 0 saturated carbocycles. The van der Waals surface area contributed by atoms with Crippen LogP contribution in [-0.4, -0.2) is 38.9 Å². The molecule has 0 bridgehead atoms. The van der Waals surface area contributed by atoms with Gasteiger partial charge in [0.05, 0.1) is 23.8 Å². The number of rotatable bonds is 11. The average molecular weight is 604 g/mol. The zero-order valence-electron chi connectivity index (χ0n) is 24.7. The van der Waals surface area contributed by atoms with Crippen LogP contribution < -0.4 is 40.0 Å². The molecular weight excluding hydrogens is 572 g/mol. The molecular formula is C34H31FN3NaO5. The number of hydrogen-bond donors (Lipinski definition) is 3. The Hall–Kier alpha value is -4.04. The van der Waals surface area contributed by atoms with E-state index in [1.807, 2.05) is 48.7 Å². The molecule has 8 nitrogen and oxygen atoms in total. The predicted molar refractivity (Wildman–Crippen MR) is 160 cm³/mol. The summed E-state index contributed by atoms with van der Waals surface area (Å²) in [6, 6.07) is 23.4. The molecule has 0 fully saturated rings. The fraction of sp³-hybridized carbons (Fsp3) is 0.206. The molecule has 0 spiro atoms. The summed E-state index contributed by atoms with van der Waals surface area (Å²) < 4.78 is 15.8. The van der Waals surface area contributed by atoms with E-state index in [4.69, 9.17) is 0 Å². The number of nitrogens with zero attached hydrogens (tertiary/aromatic N) is 2. The van der Waals surface area contributed by atoms with Gasteiger partial charge in [-0.05, 0) is 61.4 Å². The van der Waals surface area contributed by atoms with E-state index in [-0.39, 0.29) is 42.0 Å². The topological polar surface area (TPSA) is 138 Å². The Labute approximate surface area is 277 Å². The van der Waals surface area contributed by atoms with Gasteiger partial charge in [-0.15, -0.1) is 0 Å². The van der Waals surface area contributed by atoms with Crippen molar-refractivity contribution >= 4 is 23.6 Å². The van der Waals surface area contributed by atoms with E-state index in [9.17, 15) is 34.6 Å². The first-order chi connectivity index (χ1) is 20.6. The number of carboxylic acid groups (broad SMARTS) is 1. The van der Waals surface area contributed by atoms with Crippen LogP contribution in [0.1, 0.15) is 54.5 Å². The van der Waals surface area contributed by atoms with Crippen LogP contribution >= 0.6 is 0 Å². The van der Waals surface area contributed by atoms with E-state index in [2.05, 4.69) is 11.4 Å². The molecule has 3 N–H and O–H groups in total. The summed E-state index contributed by atoms with van der Waals surface area (Å²) in [5.41, 5.74) is 4.15. The van der Waals surface area contributed by atoms with E-state index >= 15 is 0 Å². The van der Waals surface area contributed by atoms with Gasteiger partial charge in [0.15, 0.2) is 0 Å². The third kappa shape index (κ3) is 8.32. The van der Waals surface area contributed by atoms with Crippen molar-refractivity contribution in [1.29, 1.82) is 5.26 Å². The maximum absolute atomic E-state index is 14.1. The first-order valence-corrected chi connectivity index (χ1v) is 13.7. The van der Waals surface area contributed by atoms with Crippen molar-refractivity contribution in [2.75, 3.05) is 5.32 Å². The van der Waals surface area contributed by atoms with Crippen LogP contribution in [0.2, 0.25) is 0 Å². The molecule has 0 aliphatic rings. The number of nitriles is 1. The van der Waals surface area contributed by atoms with Gasteiger partial charge in [0.25, 0.3) is 5.91 Å². The Balaban J connectivity index is 0.00000529. The first kappa shape index (κ1) is 34.5. The smallest absolute Gasteiger partial charge is 0.550 e. The van der Waals surface area contributed by atoms with Gasteiger partial charge in [-0.25, -0.2) is 4.39 Å². The maximum atomic E-state index is 14.1. The predicted octanol–water partition coefficient (Wildman–Crippen LogP) is 1.94. The van der Waals surface area contributed by atoms with Crippen LogP contribution in [0.5, 0.6) is 0 Å². The SMILES string of the molecule is CC(C)n1c(/C=C/[C@@H](O)C[C@@H](O)CC(=O)[O-])c(-c2ccc(F)cc2)c(-c2ccccc2)c1C(=O)Nc1cccc(C#N)c1.[Na+]. The standard InChI is InChI=1S/C34H32FN3O5.Na/c1-21(2)38-29(16-15-27(39)18-28(40)19-30(41)42)31(24-11-13-25(35)14-12-24)32(23-8-4-3-5-9-23)33(38)34(43)37-26-10-6-7-22(17-26)20-36;/h3-17,21,27-28,39-40H,18-19H2,1-2H3,(H,37,43)(H,41,42);/q;+1/p-1/b16-15+;/t27-,28-;/m1./s1. The summed E-state index contributed by atoms with van der Waals surface area (Å²) in [5.74, 6) is -2.31. The number of halogens is 1. The molecule has 220 valence electrons. The zero-order chi connectivity index (χ0) is 31.1. The van der Waals surface area contributed by atoms with E-state index < -0.39 is 36.3 Å². The summed E-state index contributed by atoms with van der Waals surface area (Å²) in [6.07, 6.45) is -0.349. The van der Waals surface area contributed by atoms with Crippen molar-refractivity contribution in [3.05, 3.63) is 108 Å². The molecule has 4 aromatic rings. The molecule has 2 atom stereocenters. The minimum absolute atomic E-state index is 0. The number of aliphatic hydroxyl groups excluding tert-OH is 2. The largest absolute Gasteiger partial charge is 1.00 e. The number of benzene rings is 3. The van der Waals surface area contributed by atoms with E-state index in [1.165, 1.54) is 18.2 Å². The Morgan fingerprint density at radius 3 is 2.27 bits per heavy atom. The minimum atomic E-state index is -1.43. The number of carbonyl (C=O) groups is 2. The van der Waals surface area contributed by atoms with Gasteiger partial charge in [0.1, 0.15) is 11.5 Å². The molecule has 3 aromatic carbocycles. The number of nitrogens with one attached hydrogen (secondary N) is 1. The summed E-state index contributed by atoms with van der Waals surface area (Å²) in [6.45, 7) is 3.79. The molecule has 0 aliphatic carbocycles. The molecule has 44 heavy (non-hydrogen) atoms. The molecule has 1 heterocycles. The van der Waals surface area contributed by atoms with Gasteiger partial charge in [-0.3, -0.25) is 4.79 Å². The Kier molecular flexibility index (Phi) is 12.2. The van der Waals surface area contributed by atoms with Crippen molar-refractivity contribution < 1.29 is 58.9 Å². The fourth-order valence-corrected chi connectivity index (χ4v) is 5.02. The van der Waals surface area contributed by atoms with Crippen LogP contribution in [0.25, 0.3) is 28.3 Å². The van der Waals surface area contributed by atoms with Crippen LogP contribution in [0, 0.1) is 17.1 Å². The molecule has 1 aromatic heterocycles. The monoisotopic (exact) mass is 603 g/mol. The third-order valence-electron chi connectivity index (χ3n) is 6.81. The van der Waals surface area contributed by atoms with Crippen molar-refractivity contribution in [2.45, 2.75) is 44.9 Å². The van der Waals surface area contributed by atoms with Crippen molar-refractivity contribution in [1.82, 2.24) is 4.57 Å². The van der Waals surface area contributed by atoms with Gasteiger partial charge in [-0.1, -0.05) is 54.6 Å². The van der Waals surface area contributed by atoms with Gasteiger partial charge < -0.3 is 30.0 Å². The quantitative estimate of drug-likeness (QED) is 0.224. The second kappa shape index (κ2) is 15.6. The molecule has 0 saturated heterocycles. The number of aromatic nitrogens is 1. The van der Waals surface area contributed by atoms with Gasteiger partial charge in [0.2, 0.25) is 0 Å². The third-order valence-corrected chi connectivity index (χ3v) is 6.81. The number of hydrogen-bond acceptors (Lipinski definition) is 6. The van der Waals surface area contributed by atoms with Crippen molar-refractivity contribution in [3.63, 3.8) is 0 Å². The zero-order valence-corrected chi connectivity index (χ0v) is 26.7. The Morgan fingerprint density at radius 1 is 1.00 bits per heavy atom. The molecule has 0 unspecified atom stereocenters. The molecule has 0 radical (unpaired) electrons. The van der Waals surface area contributed by atoms with E-state index in [0.717, 1.165) is 5.56 Å².